The van der Waals surface area contributed by atoms with Crippen LogP contribution in [0.5, 0.6) is 0 Å². The van der Waals surface area contributed by atoms with Gasteiger partial charge in [0.15, 0.2) is 0 Å². The minimum Gasteiger partial charge on any atom is -0.361 e. The summed E-state index contributed by atoms with van der Waals surface area (Å²) in [5.74, 6) is -0.684. The van der Waals surface area contributed by atoms with Crippen molar-refractivity contribution >= 4 is 50.0 Å². The molecule has 0 saturated carbocycles. The fourth-order valence-electron chi connectivity index (χ4n) is 3.66. The molecule has 4 rings (SSSR count). The summed E-state index contributed by atoms with van der Waals surface area (Å²) in [5, 5.41) is 4.88. The van der Waals surface area contributed by atoms with Gasteiger partial charge in [0.05, 0.1) is 11.4 Å². The lowest BCUT2D eigenvalue weighted by molar-refractivity contribution is -0.119. The molecule has 0 aliphatic heterocycles. The Balaban J connectivity index is 1.50. The molecule has 0 aliphatic carbocycles. The number of hydrogen-bond donors (Lipinski definition) is 3. The number of para-hydroxylation sites is 1. The molecule has 3 N–H and O–H groups in total. The largest absolute Gasteiger partial charge is 0.361 e. The van der Waals surface area contributed by atoms with E-state index in [0.717, 1.165) is 22.0 Å². The summed E-state index contributed by atoms with van der Waals surface area (Å²) in [4.78, 5) is 15.8. The monoisotopic (exact) mass is 501 g/mol. The van der Waals surface area contributed by atoms with Gasteiger partial charge in [0.25, 0.3) is 0 Å². The molecule has 6 nitrogen and oxygen atoms in total. The highest BCUT2D eigenvalue weighted by molar-refractivity contribution is 7.89. The maximum Gasteiger partial charge on any atom is 0.241 e. The Bertz CT molecular complexity index is 1390. The summed E-state index contributed by atoms with van der Waals surface area (Å²) in [7, 11) is -3.84. The molecule has 0 fully saturated rings. The maximum absolute atomic E-state index is 12.5. The Morgan fingerprint density at radius 1 is 0.909 bits per heavy atom. The van der Waals surface area contributed by atoms with E-state index in [1.807, 2.05) is 48.7 Å². The van der Waals surface area contributed by atoms with Crippen molar-refractivity contribution in [2.45, 2.75) is 10.8 Å². The van der Waals surface area contributed by atoms with Gasteiger partial charge in [-0.1, -0.05) is 59.6 Å². The van der Waals surface area contributed by atoms with Crippen LogP contribution in [0.1, 0.15) is 17.0 Å². The Kier molecular flexibility index (Phi) is 7.05. The number of fused-ring (bicyclic) bond motifs is 1. The fourth-order valence-corrected chi connectivity index (χ4v) is 5.04. The van der Waals surface area contributed by atoms with Crippen molar-refractivity contribution in [1.29, 1.82) is 0 Å². The van der Waals surface area contributed by atoms with Crippen LogP contribution < -0.4 is 10.0 Å². The van der Waals surface area contributed by atoms with Gasteiger partial charge in [-0.2, -0.15) is 0 Å². The molecule has 0 spiro atoms. The van der Waals surface area contributed by atoms with Gasteiger partial charge in [-0.25, -0.2) is 13.1 Å². The van der Waals surface area contributed by atoms with Gasteiger partial charge < -0.3 is 10.3 Å². The van der Waals surface area contributed by atoms with E-state index in [2.05, 4.69) is 15.0 Å². The van der Waals surface area contributed by atoms with E-state index in [0.29, 0.717) is 10.0 Å². The van der Waals surface area contributed by atoms with Crippen LogP contribution in [-0.2, 0) is 14.8 Å². The summed E-state index contributed by atoms with van der Waals surface area (Å²) >= 11 is 12.3. The van der Waals surface area contributed by atoms with Crippen molar-refractivity contribution in [2.24, 2.45) is 0 Å². The van der Waals surface area contributed by atoms with Gasteiger partial charge in [0, 0.05) is 39.6 Å². The number of amides is 1. The van der Waals surface area contributed by atoms with Gasteiger partial charge in [-0.05, 0) is 47.5 Å². The molecule has 0 unspecified atom stereocenters. The Labute approximate surface area is 202 Å². The van der Waals surface area contributed by atoms with Crippen LogP contribution in [0.3, 0.4) is 0 Å². The standard InChI is InChI=1S/C24H21Cl2N3O3S/c25-16-9-11-17(12-10-16)33(31,32)29-15-24(30)28-14-20(18-5-1-3-7-22(18)26)21-13-27-23-8-4-2-6-19(21)23/h1-13,20,27,29H,14-15H2,(H,28,30)/t20-/m1/s1. The van der Waals surface area contributed by atoms with Crippen LogP contribution >= 0.6 is 23.2 Å². The molecule has 170 valence electrons. The van der Waals surface area contributed by atoms with Crippen LogP contribution in [0.15, 0.2) is 83.9 Å². The first kappa shape index (κ1) is 23.3. The number of carbonyl (C=O) groups is 1. The summed E-state index contributed by atoms with van der Waals surface area (Å²) in [5.41, 5.74) is 2.83. The molecule has 0 radical (unpaired) electrons. The first-order valence-electron chi connectivity index (χ1n) is 10.2. The molecular weight excluding hydrogens is 481 g/mol. The van der Waals surface area contributed by atoms with E-state index in [-0.39, 0.29) is 17.4 Å². The smallest absolute Gasteiger partial charge is 0.241 e. The van der Waals surface area contributed by atoms with E-state index in [1.54, 1.807) is 6.07 Å². The van der Waals surface area contributed by atoms with Gasteiger partial charge in [0.1, 0.15) is 0 Å². The fraction of sp³-hybridized carbons (Fsp3) is 0.125. The molecule has 0 saturated heterocycles. The lowest BCUT2D eigenvalue weighted by Gasteiger charge is -2.19. The summed E-state index contributed by atoms with van der Waals surface area (Å²) in [6.45, 7) is -0.152. The lowest BCUT2D eigenvalue weighted by Crippen LogP contribution is -2.38. The Morgan fingerprint density at radius 3 is 2.36 bits per heavy atom. The molecular formula is C24H21Cl2N3O3S. The molecule has 0 bridgehead atoms. The van der Waals surface area contributed by atoms with Crippen LogP contribution in [0, 0.1) is 0 Å². The summed E-state index contributed by atoms with van der Waals surface area (Å²) in [6, 6.07) is 21.1. The van der Waals surface area contributed by atoms with E-state index >= 15 is 0 Å². The third kappa shape index (κ3) is 5.39. The van der Waals surface area contributed by atoms with Crippen LogP contribution in [-0.4, -0.2) is 32.4 Å². The van der Waals surface area contributed by atoms with Crippen molar-refractivity contribution in [1.82, 2.24) is 15.0 Å². The molecule has 3 aromatic carbocycles. The predicted molar refractivity (Wildman–Crippen MR) is 131 cm³/mol. The topological polar surface area (TPSA) is 91.1 Å². The zero-order valence-corrected chi connectivity index (χ0v) is 19.7. The second-order valence-corrected chi connectivity index (χ2v) is 10.1. The number of sulfonamides is 1. The maximum atomic E-state index is 12.5. The minimum atomic E-state index is -3.84. The van der Waals surface area contributed by atoms with E-state index in [4.69, 9.17) is 23.2 Å². The third-order valence-corrected chi connectivity index (χ3v) is 7.34. The number of rotatable bonds is 8. The normalized spacial score (nSPS) is 12.5. The quantitative estimate of drug-likeness (QED) is 0.326. The van der Waals surface area contributed by atoms with E-state index in [1.165, 1.54) is 24.3 Å². The van der Waals surface area contributed by atoms with Crippen LogP contribution in [0.2, 0.25) is 10.0 Å². The van der Waals surface area contributed by atoms with Crippen LogP contribution in [0.4, 0.5) is 0 Å². The molecule has 4 aromatic rings. The lowest BCUT2D eigenvalue weighted by atomic mass is 9.90. The highest BCUT2D eigenvalue weighted by atomic mass is 35.5. The number of halogens is 2. The Morgan fingerprint density at radius 2 is 1.61 bits per heavy atom. The summed E-state index contributed by atoms with van der Waals surface area (Å²) < 4.78 is 27.2. The van der Waals surface area contributed by atoms with E-state index < -0.39 is 22.5 Å². The number of nitrogens with one attached hydrogen (secondary N) is 3. The van der Waals surface area contributed by atoms with Crippen LogP contribution in [0.25, 0.3) is 10.9 Å². The molecule has 1 aromatic heterocycles. The number of aromatic nitrogens is 1. The first-order valence-corrected chi connectivity index (χ1v) is 12.4. The van der Waals surface area contributed by atoms with Gasteiger partial charge >= 0.3 is 0 Å². The summed E-state index contributed by atoms with van der Waals surface area (Å²) in [6.07, 6.45) is 1.91. The number of aromatic amines is 1. The minimum absolute atomic E-state index is 0.0347. The number of benzene rings is 3. The van der Waals surface area contributed by atoms with Crippen molar-refractivity contribution in [2.75, 3.05) is 13.1 Å². The first-order chi connectivity index (χ1) is 15.8. The number of carbonyl (C=O) groups excluding carboxylic acids is 1. The molecule has 0 aliphatic rings. The van der Waals surface area contributed by atoms with Gasteiger partial charge in [-0.15, -0.1) is 0 Å². The molecule has 1 atom stereocenters. The SMILES string of the molecule is O=C(CNS(=O)(=O)c1ccc(Cl)cc1)NC[C@H](c1ccccc1Cl)c1c[nH]c2ccccc12. The zero-order chi connectivity index (χ0) is 23.4. The third-order valence-electron chi connectivity index (χ3n) is 5.33. The van der Waals surface area contributed by atoms with Crippen molar-refractivity contribution in [3.8, 4) is 0 Å². The molecule has 1 amide bonds. The van der Waals surface area contributed by atoms with Gasteiger partial charge in [-0.3, -0.25) is 4.79 Å². The Hall–Kier alpha value is -2.84. The van der Waals surface area contributed by atoms with Crippen molar-refractivity contribution in [3.05, 3.63) is 100 Å². The average molecular weight is 502 g/mol. The zero-order valence-electron chi connectivity index (χ0n) is 17.4. The van der Waals surface area contributed by atoms with E-state index in [9.17, 15) is 13.2 Å². The molecule has 1 heterocycles. The highest BCUT2D eigenvalue weighted by Gasteiger charge is 2.22. The molecule has 33 heavy (non-hydrogen) atoms. The van der Waals surface area contributed by atoms with Crippen molar-refractivity contribution in [3.63, 3.8) is 0 Å². The average Bonchev–Trinajstić information content (AvgIpc) is 3.23. The second kappa shape index (κ2) is 9.97. The van der Waals surface area contributed by atoms with Crippen molar-refractivity contribution < 1.29 is 13.2 Å². The number of hydrogen-bond acceptors (Lipinski definition) is 3. The molecule has 9 heteroatoms. The second-order valence-electron chi connectivity index (χ2n) is 7.45. The number of H-pyrrole nitrogens is 1. The predicted octanol–water partition coefficient (Wildman–Crippen LogP) is 4.70. The van der Waals surface area contributed by atoms with Gasteiger partial charge in [0.2, 0.25) is 15.9 Å². The highest BCUT2D eigenvalue weighted by Crippen LogP contribution is 2.34.